The minimum absolute atomic E-state index is 0.713. The molecule has 0 saturated carbocycles. The van der Waals surface area contributed by atoms with Gasteiger partial charge in [0.05, 0.1) is 7.11 Å². The van der Waals surface area contributed by atoms with Crippen molar-refractivity contribution in [2.24, 2.45) is 5.92 Å². The maximum absolute atomic E-state index is 5.44. The molecule has 15 heavy (non-hydrogen) atoms. The van der Waals surface area contributed by atoms with Crippen LogP contribution in [0.1, 0.15) is 17.5 Å². The van der Waals surface area contributed by atoms with Gasteiger partial charge in [-0.1, -0.05) is 12.1 Å². The third kappa shape index (κ3) is 1.44. The van der Waals surface area contributed by atoms with Crippen LogP contribution in [-0.4, -0.2) is 19.7 Å². The molecule has 1 N–H and O–H groups in total. The molecule has 2 aliphatic rings. The number of hydrogen-bond donors (Lipinski definition) is 1. The van der Waals surface area contributed by atoms with Crippen molar-refractivity contribution in [1.29, 1.82) is 0 Å². The quantitative estimate of drug-likeness (QED) is 0.751. The Morgan fingerprint density at radius 2 is 2.27 bits per heavy atom. The summed E-state index contributed by atoms with van der Waals surface area (Å²) in [5.74, 6) is 1.91. The Kier molecular flexibility index (Phi) is 2.17. The van der Waals surface area contributed by atoms with Gasteiger partial charge in [-0.15, -0.1) is 0 Å². The van der Waals surface area contributed by atoms with Gasteiger partial charge >= 0.3 is 0 Å². The molecule has 1 heterocycles. The Morgan fingerprint density at radius 1 is 1.33 bits per heavy atom. The van der Waals surface area contributed by atoms with Crippen LogP contribution in [0.3, 0.4) is 0 Å². The molecular weight excluding hydrogens is 186 g/mol. The van der Waals surface area contributed by atoms with E-state index in [4.69, 9.17) is 4.74 Å². The molecule has 1 fully saturated rings. The third-order valence-electron chi connectivity index (χ3n) is 3.85. The highest BCUT2D eigenvalue weighted by molar-refractivity contribution is 5.43. The zero-order valence-electron chi connectivity index (χ0n) is 9.12. The number of ether oxygens (including phenoxy) is 1. The van der Waals surface area contributed by atoms with Crippen LogP contribution >= 0.6 is 0 Å². The van der Waals surface area contributed by atoms with Gasteiger partial charge in [0, 0.05) is 6.04 Å². The molecule has 1 aromatic rings. The summed E-state index contributed by atoms with van der Waals surface area (Å²) in [6.07, 6.45) is 3.69. The lowest BCUT2D eigenvalue weighted by atomic mass is 9.80. The molecule has 2 atom stereocenters. The number of methoxy groups -OCH3 is 1. The Labute approximate surface area is 90.6 Å². The molecule has 0 radical (unpaired) electrons. The molecule has 2 nitrogen and oxygen atoms in total. The van der Waals surface area contributed by atoms with Crippen LogP contribution < -0.4 is 10.1 Å². The van der Waals surface area contributed by atoms with Crippen LogP contribution in [0.25, 0.3) is 0 Å². The highest BCUT2D eigenvalue weighted by Gasteiger charge is 2.32. The van der Waals surface area contributed by atoms with Crippen molar-refractivity contribution in [3.05, 3.63) is 29.3 Å². The fraction of sp³-hybridized carbons (Fsp3) is 0.538. The maximum Gasteiger partial charge on any atom is 0.122 e. The van der Waals surface area contributed by atoms with Gasteiger partial charge in [0.1, 0.15) is 5.75 Å². The minimum Gasteiger partial charge on any atom is -0.496 e. The summed E-state index contributed by atoms with van der Waals surface area (Å²) in [5.41, 5.74) is 2.93. The van der Waals surface area contributed by atoms with Gasteiger partial charge in [-0.2, -0.15) is 0 Å². The molecule has 1 aliphatic carbocycles. The number of benzene rings is 1. The van der Waals surface area contributed by atoms with Crippen molar-refractivity contribution >= 4 is 0 Å². The highest BCUT2D eigenvalue weighted by atomic mass is 16.5. The van der Waals surface area contributed by atoms with E-state index in [1.165, 1.54) is 36.9 Å². The fourth-order valence-electron chi connectivity index (χ4n) is 3.03. The smallest absolute Gasteiger partial charge is 0.122 e. The second-order valence-electron chi connectivity index (χ2n) is 4.62. The van der Waals surface area contributed by atoms with Crippen LogP contribution in [0.15, 0.2) is 18.2 Å². The molecule has 2 heteroatoms. The second kappa shape index (κ2) is 3.53. The van der Waals surface area contributed by atoms with E-state index in [-0.39, 0.29) is 0 Å². The molecule has 1 aliphatic heterocycles. The lowest BCUT2D eigenvalue weighted by Gasteiger charge is -2.28. The molecule has 0 unspecified atom stereocenters. The van der Waals surface area contributed by atoms with Crippen LogP contribution in [0, 0.1) is 5.92 Å². The molecular formula is C13H17NO. The Bertz CT molecular complexity index is 375. The molecule has 0 bridgehead atoms. The van der Waals surface area contributed by atoms with E-state index < -0.39 is 0 Å². The van der Waals surface area contributed by atoms with Gasteiger partial charge in [-0.05, 0) is 48.9 Å². The summed E-state index contributed by atoms with van der Waals surface area (Å²) in [5, 5.41) is 3.60. The van der Waals surface area contributed by atoms with Gasteiger partial charge < -0.3 is 10.1 Å². The van der Waals surface area contributed by atoms with E-state index in [1.807, 2.05) is 0 Å². The topological polar surface area (TPSA) is 21.3 Å². The molecule has 1 aromatic carbocycles. The van der Waals surface area contributed by atoms with E-state index in [0.29, 0.717) is 6.04 Å². The first-order valence-corrected chi connectivity index (χ1v) is 5.76. The highest BCUT2D eigenvalue weighted by Crippen LogP contribution is 2.35. The number of fused-ring (bicyclic) bond motifs is 2. The second-order valence-corrected chi connectivity index (χ2v) is 4.62. The molecule has 0 aromatic heterocycles. The van der Waals surface area contributed by atoms with Crippen molar-refractivity contribution in [3.63, 3.8) is 0 Å². The van der Waals surface area contributed by atoms with Gasteiger partial charge in [0.15, 0.2) is 0 Å². The number of nitrogens with one attached hydrogen (secondary N) is 1. The summed E-state index contributed by atoms with van der Waals surface area (Å²) in [6.45, 7) is 1.19. The third-order valence-corrected chi connectivity index (χ3v) is 3.85. The predicted molar refractivity (Wildman–Crippen MR) is 60.3 cm³/mol. The monoisotopic (exact) mass is 203 g/mol. The van der Waals surface area contributed by atoms with E-state index >= 15 is 0 Å². The minimum atomic E-state index is 0.713. The maximum atomic E-state index is 5.44. The van der Waals surface area contributed by atoms with Crippen molar-refractivity contribution in [2.75, 3.05) is 13.7 Å². The normalized spacial score (nSPS) is 28.3. The fourth-order valence-corrected chi connectivity index (χ4v) is 3.03. The zero-order chi connectivity index (χ0) is 10.3. The molecule has 80 valence electrons. The first-order valence-electron chi connectivity index (χ1n) is 5.76. The molecule has 0 spiro atoms. The largest absolute Gasteiger partial charge is 0.496 e. The summed E-state index contributed by atoms with van der Waals surface area (Å²) < 4.78 is 5.44. The van der Waals surface area contributed by atoms with Crippen LogP contribution in [0.4, 0.5) is 0 Å². The molecule has 1 saturated heterocycles. The van der Waals surface area contributed by atoms with Crippen molar-refractivity contribution in [1.82, 2.24) is 5.32 Å². The van der Waals surface area contributed by atoms with Crippen molar-refractivity contribution < 1.29 is 4.74 Å². The van der Waals surface area contributed by atoms with Gasteiger partial charge in [0.25, 0.3) is 0 Å². The lowest BCUT2D eigenvalue weighted by molar-refractivity contribution is 0.379. The first-order chi connectivity index (χ1) is 7.38. The molecule has 0 amide bonds. The average Bonchev–Trinajstić information content (AvgIpc) is 2.72. The van der Waals surface area contributed by atoms with Crippen molar-refractivity contribution in [2.45, 2.75) is 25.3 Å². The SMILES string of the molecule is COc1cccc2c1C[C@@H]1CCN[C@@H]1C2. The van der Waals surface area contributed by atoms with Crippen molar-refractivity contribution in [3.8, 4) is 5.75 Å². The summed E-state index contributed by atoms with van der Waals surface area (Å²) in [4.78, 5) is 0. The first kappa shape index (κ1) is 9.22. The van der Waals surface area contributed by atoms with Crippen LogP contribution in [0.5, 0.6) is 5.75 Å². The van der Waals surface area contributed by atoms with Gasteiger partial charge in [0.2, 0.25) is 0 Å². The lowest BCUT2D eigenvalue weighted by Crippen LogP contribution is -2.34. The summed E-state index contributed by atoms with van der Waals surface area (Å²) >= 11 is 0. The van der Waals surface area contributed by atoms with Gasteiger partial charge in [-0.25, -0.2) is 0 Å². The Morgan fingerprint density at radius 3 is 3.13 bits per heavy atom. The standard InChI is InChI=1S/C13H17NO/c1-15-13-4-2-3-9-8-12-10(5-6-14-12)7-11(9)13/h2-4,10,12,14H,5-8H2,1H3/t10-,12+/m0/s1. The van der Waals surface area contributed by atoms with E-state index in [1.54, 1.807) is 7.11 Å². The number of rotatable bonds is 1. The van der Waals surface area contributed by atoms with E-state index in [2.05, 4.69) is 23.5 Å². The predicted octanol–water partition coefficient (Wildman–Crippen LogP) is 1.77. The van der Waals surface area contributed by atoms with Crippen LogP contribution in [0.2, 0.25) is 0 Å². The Hall–Kier alpha value is -1.02. The summed E-state index contributed by atoms with van der Waals surface area (Å²) in [6, 6.07) is 7.15. The molecule has 3 rings (SSSR count). The van der Waals surface area contributed by atoms with E-state index in [9.17, 15) is 0 Å². The Balaban J connectivity index is 1.99. The van der Waals surface area contributed by atoms with Crippen LogP contribution in [-0.2, 0) is 12.8 Å². The summed E-state index contributed by atoms with van der Waals surface area (Å²) in [7, 11) is 1.77. The zero-order valence-corrected chi connectivity index (χ0v) is 9.12. The average molecular weight is 203 g/mol. The van der Waals surface area contributed by atoms with Gasteiger partial charge in [-0.3, -0.25) is 0 Å². The van der Waals surface area contributed by atoms with E-state index in [0.717, 1.165) is 11.7 Å². The number of hydrogen-bond acceptors (Lipinski definition) is 2.